The number of hydrogen-bond donors (Lipinski definition) is 2. The van der Waals surface area contributed by atoms with Gasteiger partial charge in [0.1, 0.15) is 0 Å². The second-order valence-electron chi connectivity index (χ2n) is 31.6. The number of benzene rings is 7. The smallest absolute Gasteiger partial charge is 0.0743 e. The molecule has 5 heterocycles. The van der Waals surface area contributed by atoms with E-state index in [1.165, 1.54) is 65.2 Å². The van der Waals surface area contributed by atoms with Gasteiger partial charge in [-0.3, -0.25) is 0 Å². The second-order valence-corrected chi connectivity index (χ2v) is 35.9. The van der Waals surface area contributed by atoms with Crippen LogP contribution in [0.2, 0.25) is 0 Å². The van der Waals surface area contributed by atoms with Crippen LogP contribution in [0.4, 0.5) is 0 Å². The number of nitrogens with one attached hydrogen (secondary N) is 2. The Bertz CT molecular complexity index is 4480. The van der Waals surface area contributed by atoms with E-state index in [0.29, 0.717) is 0 Å². The SMILES string of the molecule is CC(C)(C)c1cc(-c2c3nc(c(-c4cc(C(C)(C)C)cc(C(C)(C)C)c4)c4ccc([nH]4)c(-c4cc(C(C)(C)C)cc(C(C)(C)C)c4)c4nc(cc5[nH]c2cc5P(c2ccccc2)c2ccccc2)C(P(c2ccccc2)c2ccccc2)=C4)C=C3)cc(C(C)(C)C)c1. The Morgan fingerprint density at radius 3 is 0.924 bits per heavy atom. The first kappa shape index (κ1) is 64.1. The Hall–Kier alpha value is -8.00. The Morgan fingerprint density at radius 1 is 0.283 bits per heavy atom. The van der Waals surface area contributed by atoms with E-state index < -0.39 is 15.8 Å². The number of hydrogen-bond acceptors (Lipinski definition) is 2. The van der Waals surface area contributed by atoms with Gasteiger partial charge in [0.15, 0.2) is 0 Å². The van der Waals surface area contributed by atoms with Crippen molar-refractivity contribution in [2.24, 2.45) is 0 Å². The molecule has 92 heavy (non-hydrogen) atoms. The van der Waals surface area contributed by atoms with Crippen molar-refractivity contribution in [3.05, 3.63) is 256 Å². The predicted molar refractivity (Wildman–Crippen MR) is 404 cm³/mol. The highest BCUT2D eigenvalue weighted by molar-refractivity contribution is 7.82. The Balaban J connectivity index is 1.36. The maximum atomic E-state index is 6.15. The van der Waals surface area contributed by atoms with E-state index in [2.05, 4.69) is 353 Å². The summed E-state index contributed by atoms with van der Waals surface area (Å²) in [4.78, 5) is 20.7. The maximum absolute atomic E-state index is 6.15. The van der Waals surface area contributed by atoms with E-state index >= 15 is 0 Å². The lowest BCUT2D eigenvalue weighted by Gasteiger charge is -2.26. The molecule has 3 aromatic heterocycles. The van der Waals surface area contributed by atoms with Gasteiger partial charge in [0.05, 0.1) is 22.8 Å². The first-order valence-corrected chi connectivity index (χ1v) is 35.6. The van der Waals surface area contributed by atoms with Crippen LogP contribution >= 0.6 is 15.8 Å². The normalized spacial score (nSPS) is 13.3. The summed E-state index contributed by atoms with van der Waals surface area (Å²) in [5.41, 5.74) is 21.1. The van der Waals surface area contributed by atoms with Crippen LogP contribution in [0.1, 0.15) is 181 Å². The molecule has 6 heteroatoms. The van der Waals surface area contributed by atoms with E-state index in [-0.39, 0.29) is 32.5 Å². The molecule has 8 bridgehead atoms. The average molecular weight is 1240 g/mol. The minimum atomic E-state index is -1.16. The number of H-pyrrole nitrogens is 2. The van der Waals surface area contributed by atoms with Crippen LogP contribution in [-0.2, 0) is 32.5 Å². The molecule has 0 amide bonds. The zero-order valence-corrected chi connectivity index (χ0v) is 59.4. The first-order chi connectivity index (χ1) is 43.4. The Labute approximate surface area is 551 Å². The van der Waals surface area contributed by atoms with Crippen molar-refractivity contribution in [1.82, 2.24) is 19.9 Å². The molecule has 0 fully saturated rings. The number of aromatic nitrogens is 4. The fourth-order valence-corrected chi connectivity index (χ4v) is 17.4. The minimum Gasteiger partial charge on any atom is -0.354 e. The second kappa shape index (κ2) is 24.2. The molecule has 2 aliphatic rings. The average Bonchev–Trinajstić information content (AvgIpc) is 1.52. The lowest BCUT2D eigenvalue weighted by atomic mass is 9.78. The van der Waals surface area contributed by atoms with Gasteiger partial charge in [0.2, 0.25) is 0 Å². The van der Waals surface area contributed by atoms with Gasteiger partial charge in [0.25, 0.3) is 0 Å². The molecule has 466 valence electrons. The molecule has 7 aromatic carbocycles. The zero-order valence-electron chi connectivity index (χ0n) is 57.6. The van der Waals surface area contributed by atoms with Crippen LogP contribution in [0.25, 0.3) is 79.0 Å². The zero-order chi connectivity index (χ0) is 65.5. The quantitative estimate of drug-likeness (QED) is 0.142. The molecular formula is C86H92N4P2. The van der Waals surface area contributed by atoms with Crippen LogP contribution in [0.3, 0.4) is 0 Å². The van der Waals surface area contributed by atoms with Crippen molar-refractivity contribution < 1.29 is 0 Å². The number of nitrogens with zero attached hydrogens (tertiary/aromatic N) is 2. The summed E-state index contributed by atoms with van der Waals surface area (Å²) in [6.07, 6.45) is 7.01. The summed E-state index contributed by atoms with van der Waals surface area (Å²) in [6.45, 7) is 42.0. The molecule has 2 aliphatic heterocycles. The summed E-state index contributed by atoms with van der Waals surface area (Å²) in [7, 11) is -2.31. The summed E-state index contributed by atoms with van der Waals surface area (Å²) in [5, 5.41) is 7.47. The summed E-state index contributed by atoms with van der Waals surface area (Å²) < 4.78 is 0. The van der Waals surface area contributed by atoms with Gasteiger partial charge < -0.3 is 9.97 Å². The molecule has 12 rings (SSSR count). The van der Waals surface area contributed by atoms with E-state index in [9.17, 15) is 0 Å². The number of aromatic amines is 2. The maximum Gasteiger partial charge on any atom is 0.0743 e. The molecule has 0 unspecified atom stereocenters. The summed E-state index contributed by atoms with van der Waals surface area (Å²) in [6, 6.07) is 76.0. The fraction of sp³-hybridized carbons (Fsp3) is 0.279. The van der Waals surface area contributed by atoms with Gasteiger partial charge in [-0.05, 0) is 162 Å². The van der Waals surface area contributed by atoms with Crippen LogP contribution in [0.5, 0.6) is 0 Å². The van der Waals surface area contributed by atoms with Gasteiger partial charge >= 0.3 is 0 Å². The predicted octanol–water partition coefficient (Wildman–Crippen LogP) is 21.7. The van der Waals surface area contributed by atoms with E-state index in [0.717, 1.165) is 78.2 Å². The third kappa shape index (κ3) is 13.2. The monoisotopic (exact) mass is 1240 g/mol. The third-order valence-corrected chi connectivity index (χ3v) is 23.1. The van der Waals surface area contributed by atoms with Gasteiger partial charge in [-0.1, -0.05) is 301 Å². The molecule has 0 spiro atoms. The topological polar surface area (TPSA) is 57.4 Å². The van der Waals surface area contributed by atoms with Gasteiger partial charge in [-0.15, -0.1) is 0 Å². The Kier molecular flexibility index (Phi) is 16.8. The number of fused-ring (bicyclic) bond motifs is 8. The van der Waals surface area contributed by atoms with E-state index in [4.69, 9.17) is 9.97 Å². The molecule has 2 N–H and O–H groups in total. The first-order valence-electron chi connectivity index (χ1n) is 32.9. The highest BCUT2D eigenvalue weighted by Crippen LogP contribution is 2.53. The molecule has 10 aromatic rings. The van der Waals surface area contributed by atoms with Crippen LogP contribution in [0, 0.1) is 0 Å². The molecular weight excluding hydrogens is 1150 g/mol. The lowest BCUT2D eigenvalue weighted by Crippen LogP contribution is -2.20. The summed E-state index contributed by atoms with van der Waals surface area (Å²) >= 11 is 0. The Morgan fingerprint density at radius 2 is 0.587 bits per heavy atom. The van der Waals surface area contributed by atoms with Crippen molar-refractivity contribution >= 4 is 88.0 Å². The molecule has 0 saturated heterocycles. The van der Waals surface area contributed by atoms with Crippen LogP contribution in [0.15, 0.2) is 200 Å². The van der Waals surface area contributed by atoms with Gasteiger partial charge in [-0.2, -0.15) is 0 Å². The van der Waals surface area contributed by atoms with Crippen molar-refractivity contribution in [2.75, 3.05) is 0 Å². The van der Waals surface area contributed by atoms with Crippen LogP contribution < -0.4 is 26.5 Å². The third-order valence-electron chi connectivity index (χ3n) is 18.2. The van der Waals surface area contributed by atoms with Gasteiger partial charge in [-0.25, -0.2) is 9.97 Å². The minimum absolute atomic E-state index is 0.134. The van der Waals surface area contributed by atoms with Crippen molar-refractivity contribution in [1.29, 1.82) is 0 Å². The standard InChI is InChI=1S/C86H92N4P2/c1-81(2,3)58-43-55(44-59(49-58)82(4,5)6)78-68-39-41-70(87-68)79(56-45-60(83(7,8)9)50-61(46-56)84(10,11)12)74-53-76(91(64-31-23-19-24-32-64)65-33-25-20-26-34-65)72(89-74)52-73-77(92(66-35-27-21-28-36-66)67-37-29-22-30-38-67)54-75(90-73)80(71-42-40-69(78)88-71)57-47-62(85(13,14)15)51-63(48-57)86(16,17)18/h19-54,87,90H,1-18H3. The van der Waals surface area contributed by atoms with Gasteiger partial charge in [0, 0.05) is 49.4 Å². The van der Waals surface area contributed by atoms with E-state index in [1.54, 1.807) is 0 Å². The molecule has 0 radical (unpaired) electrons. The van der Waals surface area contributed by atoms with Crippen molar-refractivity contribution in [3.63, 3.8) is 0 Å². The fourth-order valence-electron chi connectivity index (χ4n) is 12.6. The van der Waals surface area contributed by atoms with Crippen molar-refractivity contribution in [3.8, 4) is 33.4 Å². The lowest BCUT2D eigenvalue weighted by molar-refractivity contribution is 0.568. The highest BCUT2D eigenvalue weighted by atomic mass is 31.1. The van der Waals surface area contributed by atoms with Crippen molar-refractivity contribution in [2.45, 2.75) is 157 Å². The molecule has 0 saturated carbocycles. The number of rotatable bonds is 9. The largest absolute Gasteiger partial charge is 0.354 e. The molecule has 0 atom stereocenters. The van der Waals surface area contributed by atoms with E-state index in [1.807, 2.05) is 0 Å². The highest BCUT2D eigenvalue weighted by Gasteiger charge is 2.32. The van der Waals surface area contributed by atoms with Crippen LogP contribution in [-0.4, -0.2) is 19.9 Å². The summed E-state index contributed by atoms with van der Waals surface area (Å²) in [5.74, 6) is 0. The molecule has 4 nitrogen and oxygen atoms in total. The molecule has 0 aliphatic carbocycles.